The van der Waals surface area contributed by atoms with Crippen molar-refractivity contribution < 1.29 is 19.1 Å². The maximum atomic E-state index is 12.7. The van der Waals surface area contributed by atoms with E-state index in [1.54, 1.807) is 31.2 Å². The number of ether oxygens (including phenoxy) is 1. The molecule has 2 heterocycles. The molecule has 8 nitrogen and oxygen atoms in total. The summed E-state index contributed by atoms with van der Waals surface area (Å²) < 4.78 is 5.43. The van der Waals surface area contributed by atoms with Crippen LogP contribution < -0.4 is 5.56 Å². The minimum absolute atomic E-state index is 0.200. The van der Waals surface area contributed by atoms with Gasteiger partial charge in [0.1, 0.15) is 6.04 Å². The molecular weight excluding hydrogens is 374 g/mol. The molecule has 1 aromatic carbocycles. The van der Waals surface area contributed by atoms with Crippen molar-refractivity contribution in [3.8, 4) is 0 Å². The number of para-hydroxylation sites is 1. The van der Waals surface area contributed by atoms with Crippen LogP contribution in [0.25, 0.3) is 10.9 Å². The third-order valence-corrected chi connectivity index (χ3v) is 5.58. The average molecular weight is 395 g/mol. The Hall–Kier alpha value is -3.29. The number of carbonyl (C=O) groups is 3. The average Bonchev–Trinajstić information content (AvgIpc) is 2.98. The van der Waals surface area contributed by atoms with E-state index in [0.29, 0.717) is 23.7 Å². The number of carbonyl (C=O) groups excluding carboxylic acids is 3. The van der Waals surface area contributed by atoms with Crippen molar-refractivity contribution in [2.45, 2.75) is 38.8 Å². The van der Waals surface area contributed by atoms with Gasteiger partial charge in [-0.3, -0.25) is 19.3 Å². The van der Waals surface area contributed by atoms with E-state index < -0.39 is 30.0 Å². The van der Waals surface area contributed by atoms with E-state index in [0.717, 1.165) is 4.90 Å². The Kier molecular flexibility index (Phi) is 4.77. The van der Waals surface area contributed by atoms with Crippen LogP contribution in [0.1, 0.15) is 38.6 Å². The number of nitrogens with zero attached hydrogens (tertiary/aromatic N) is 2. The van der Waals surface area contributed by atoms with Gasteiger partial charge in [0.25, 0.3) is 5.56 Å². The molecule has 1 aromatic heterocycles. The number of rotatable bonds is 4. The third-order valence-electron chi connectivity index (χ3n) is 5.58. The van der Waals surface area contributed by atoms with E-state index in [1.807, 2.05) is 12.2 Å². The second-order valence-corrected chi connectivity index (χ2v) is 7.43. The topological polar surface area (TPSA) is 109 Å². The molecule has 0 saturated carbocycles. The van der Waals surface area contributed by atoms with E-state index in [4.69, 9.17) is 4.74 Å². The van der Waals surface area contributed by atoms with Gasteiger partial charge in [0.05, 0.1) is 22.7 Å². The molecule has 150 valence electrons. The summed E-state index contributed by atoms with van der Waals surface area (Å²) >= 11 is 0. The maximum Gasteiger partial charge on any atom is 0.329 e. The summed E-state index contributed by atoms with van der Waals surface area (Å²) in [6, 6.07) is 5.80. The quantitative estimate of drug-likeness (QED) is 0.481. The molecule has 1 aliphatic heterocycles. The van der Waals surface area contributed by atoms with Crippen LogP contribution in [0.5, 0.6) is 0 Å². The molecule has 2 amide bonds. The summed E-state index contributed by atoms with van der Waals surface area (Å²) in [5.41, 5.74) is 0.159. The molecule has 4 rings (SSSR count). The first-order chi connectivity index (χ1) is 13.9. The molecule has 4 atom stereocenters. The summed E-state index contributed by atoms with van der Waals surface area (Å²) in [6.45, 7) is 3.06. The second kappa shape index (κ2) is 7.27. The number of amides is 2. The Labute approximate surface area is 166 Å². The number of H-pyrrole nitrogens is 1. The van der Waals surface area contributed by atoms with Gasteiger partial charge < -0.3 is 9.72 Å². The lowest BCUT2D eigenvalue weighted by Crippen LogP contribution is -2.44. The van der Waals surface area contributed by atoms with E-state index in [9.17, 15) is 19.2 Å². The minimum Gasteiger partial charge on any atom is -0.453 e. The maximum absolute atomic E-state index is 12.7. The Bertz CT molecular complexity index is 1060. The number of aromatic nitrogens is 2. The van der Waals surface area contributed by atoms with Crippen molar-refractivity contribution >= 4 is 28.7 Å². The van der Waals surface area contributed by atoms with Gasteiger partial charge in [-0.1, -0.05) is 24.3 Å². The van der Waals surface area contributed by atoms with Gasteiger partial charge in [-0.15, -0.1) is 0 Å². The summed E-state index contributed by atoms with van der Waals surface area (Å²) in [5, 5.41) is 0.438. The first-order valence-corrected chi connectivity index (χ1v) is 9.60. The highest BCUT2D eigenvalue weighted by atomic mass is 16.5. The van der Waals surface area contributed by atoms with Crippen LogP contribution in [0.4, 0.5) is 0 Å². The van der Waals surface area contributed by atoms with Gasteiger partial charge in [-0.05, 0) is 38.8 Å². The Morgan fingerprint density at radius 2 is 1.72 bits per heavy atom. The Morgan fingerprint density at radius 3 is 2.38 bits per heavy atom. The van der Waals surface area contributed by atoms with Gasteiger partial charge in [0.2, 0.25) is 11.8 Å². The van der Waals surface area contributed by atoms with Crippen LogP contribution in [-0.2, 0) is 19.1 Å². The van der Waals surface area contributed by atoms with E-state index >= 15 is 0 Å². The summed E-state index contributed by atoms with van der Waals surface area (Å²) in [5.74, 6) is -2.00. The zero-order chi connectivity index (χ0) is 20.7. The number of imide groups is 1. The zero-order valence-electron chi connectivity index (χ0n) is 16.1. The molecule has 1 aliphatic carbocycles. The lowest BCUT2D eigenvalue weighted by Gasteiger charge is -2.23. The number of hydrogen-bond donors (Lipinski definition) is 1. The molecule has 0 unspecified atom stereocenters. The smallest absolute Gasteiger partial charge is 0.329 e. The molecule has 1 saturated heterocycles. The van der Waals surface area contributed by atoms with Crippen LogP contribution >= 0.6 is 0 Å². The van der Waals surface area contributed by atoms with Crippen molar-refractivity contribution in [3.63, 3.8) is 0 Å². The fourth-order valence-electron chi connectivity index (χ4n) is 3.94. The molecule has 1 fully saturated rings. The van der Waals surface area contributed by atoms with Gasteiger partial charge in [-0.2, -0.15) is 0 Å². The van der Waals surface area contributed by atoms with Crippen molar-refractivity contribution in [2.75, 3.05) is 0 Å². The number of esters is 1. The van der Waals surface area contributed by atoms with Crippen LogP contribution in [0.2, 0.25) is 0 Å². The molecule has 0 spiro atoms. The molecule has 29 heavy (non-hydrogen) atoms. The predicted octanol–water partition coefficient (Wildman–Crippen LogP) is 1.87. The van der Waals surface area contributed by atoms with Gasteiger partial charge in [-0.25, -0.2) is 9.78 Å². The summed E-state index contributed by atoms with van der Waals surface area (Å²) in [7, 11) is 0. The molecule has 8 heteroatoms. The predicted molar refractivity (Wildman–Crippen MR) is 104 cm³/mol. The van der Waals surface area contributed by atoms with Crippen LogP contribution in [0.15, 0.2) is 41.2 Å². The monoisotopic (exact) mass is 395 g/mol. The molecule has 2 aliphatic rings. The number of nitrogens with one attached hydrogen (secondary N) is 1. The standard InChI is InChI=1S/C21H21N3O5/c1-11(24-19(26)13-7-3-4-8-14(13)20(24)27)21(28)29-12(2)17-22-16-10-6-5-9-15(16)18(25)23-17/h3-6,9-14H,7-8H2,1-2H3,(H,22,23,25)/t11-,12-,13-,14-/m0/s1. The van der Waals surface area contributed by atoms with Crippen molar-refractivity contribution in [2.24, 2.45) is 11.8 Å². The van der Waals surface area contributed by atoms with E-state index in [-0.39, 0.29) is 23.2 Å². The van der Waals surface area contributed by atoms with Crippen LogP contribution in [0.3, 0.4) is 0 Å². The molecule has 0 bridgehead atoms. The third kappa shape index (κ3) is 3.24. The number of likely N-dealkylation sites (tertiary alicyclic amines) is 1. The molecule has 1 N–H and O–H groups in total. The van der Waals surface area contributed by atoms with E-state index in [2.05, 4.69) is 9.97 Å². The normalized spacial score (nSPS) is 23.2. The fourth-order valence-corrected chi connectivity index (χ4v) is 3.94. The van der Waals surface area contributed by atoms with Crippen molar-refractivity contribution in [1.29, 1.82) is 0 Å². The number of benzene rings is 1. The first-order valence-electron chi connectivity index (χ1n) is 9.60. The molecular formula is C21H21N3O5. The Morgan fingerprint density at radius 1 is 1.10 bits per heavy atom. The SMILES string of the molecule is C[C@H](OC(=O)[C@H](C)N1C(=O)[C@H]2CC=CC[C@@H]2C1=O)c1nc2ccccc2c(=O)[nH]1. The minimum atomic E-state index is -1.05. The van der Waals surface area contributed by atoms with Gasteiger partial charge in [0, 0.05) is 0 Å². The number of fused-ring (bicyclic) bond motifs is 2. The first kappa shape index (κ1) is 19.0. The Balaban J connectivity index is 1.51. The highest BCUT2D eigenvalue weighted by Gasteiger charge is 2.50. The number of allylic oxidation sites excluding steroid dienone is 2. The van der Waals surface area contributed by atoms with Gasteiger partial charge >= 0.3 is 5.97 Å². The number of aromatic amines is 1. The molecule has 2 aromatic rings. The van der Waals surface area contributed by atoms with Crippen molar-refractivity contribution in [1.82, 2.24) is 14.9 Å². The highest BCUT2D eigenvalue weighted by Crippen LogP contribution is 2.36. The fraction of sp³-hybridized carbons (Fsp3) is 0.381. The second-order valence-electron chi connectivity index (χ2n) is 7.43. The van der Waals surface area contributed by atoms with Crippen LogP contribution in [0, 0.1) is 11.8 Å². The van der Waals surface area contributed by atoms with E-state index in [1.165, 1.54) is 6.92 Å². The number of hydrogen-bond acceptors (Lipinski definition) is 6. The summed E-state index contributed by atoms with van der Waals surface area (Å²) in [6.07, 6.45) is 3.95. The zero-order valence-corrected chi connectivity index (χ0v) is 16.1. The summed E-state index contributed by atoms with van der Waals surface area (Å²) in [4.78, 5) is 58.2. The van der Waals surface area contributed by atoms with Crippen molar-refractivity contribution in [3.05, 3.63) is 52.6 Å². The lowest BCUT2D eigenvalue weighted by atomic mass is 9.85. The highest BCUT2D eigenvalue weighted by molar-refractivity contribution is 6.08. The lowest BCUT2D eigenvalue weighted by molar-refractivity contribution is -0.161. The van der Waals surface area contributed by atoms with Crippen LogP contribution in [-0.4, -0.2) is 38.7 Å². The van der Waals surface area contributed by atoms with Gasteiger partial charge in [0.15, 0.2) is 11.9 Å². The largest absolute Gasteiger partial charge is 0.453 e. The molecule has 0 radical (unpaired) electrons.